The Morgan fingerprint density at radius 3 is 2.76 bits per heavy atom. The van der Waals surface area contributed by atoms with E-state index in [1.165, 1.54) is 12.0 Å². The van der Waals surface area contributed by atoms with E-state index in [0.29, 0.717) is 17.7 Å². The number of esters is 1. The summed E-state index contributed by atoms with van der Waals surface area (Å²) in [6, 6.07) is 6.79. The highest BCUT2D eigenvalue weighted by Gasteiger charge is 2.18. The molecule has 0 aliphatic rings. The maximum Gasteiger partial charge on any atom is 0.325 e. The number of ether oxygens (including phenoxy) is 1. The Balaban J connectivity index is 2.94. The molecule has 0 atom stereocenters. The lowest BCUT2D eigenvalue weighted by atomic mass is 10.1. The molecule has 5 nitrogen and oxygen atoms in total. The van der Waals surface area contributed by atoms with E-state index >= 15 is 0 Å². The molecule has 0 radical (unpaired) electrons. The van der Waals surface area contributed by atoms with Crippen LogP contribution in [0.25, 0.3) is 0 Å². The second-order valence-corrected chi connectivity index (χ2v) is 4.34. The molecule has 1 rings (SSSR count). The second kappa shape index (κ2) is 8.77. The molecule has 0 saturated carbocycles. The van der Waals surface area contributed by atoms with Crippen molar-refractivity contribution in [1.29, 1.82) is 0 Å². The number of methoxy groups -OCH3 is 1. The van der Waals surface area contributed by atoms with Crippen molar-refractivity contribution in [1.82, 2.24) is 4.90 Å². The zero-order chi connectivity index (χ0) is 15.7. The number of aliphatic hydroxyl groups excluding tert-OH is 1. The van der Waals surface area contributed by atoms with Gasteiger partial charge in [-0.25, -0.2) is 0 Å². The molecular weight excluding hydrogens is 270 g/mol. The summed E-state index contributed by atoms with van der Waals surface area (Å²) in [5.41, 5.74) is 1.10. The number of carbonyl (C=O) groups excluding carboxylic acids is 2. The predicted octanol–water partition coefficient (Wildman–Crippen LogP) is 1.06. The first-order valence-corrected chi connectivity index (χ1v) is 6.68. The Hall–Kier alpha value is -2.32. The number of benzene rings is 1. The lowest BCUT2D eigenvalue weighted by molar-refractivity contribution is -0.141. The van der Waals surface area contributed by atoms with Crippen LogP contribution in [-0.2, 0) is 9.53 Å². The Morgan fingerprint density at radius 2 is 2.14 bits per heavy atom. The molecule has 0 fully saturated rings. The first-order valence-electron chi connectivity index (χ1n) is 6.68. The van der Waals surface area contributed by atoms with Gasteiger partial charge in [0, 0.05) is 17.7 Å². The van der Waals surface area contributed by atoms with E-state index in [0.717, 1.165) is 6.42 Å². The summed E-state index contributed by atoms with van der Waals surface area (Å²) >= 11 is 0. The molecule has 5 heteroatoms. The quantitative estimate of drug-likeness (QED) is 0.650. The largest absolute Gasteiger partial charge is 0.468 e. The average molecular weight is 289 g/mol. The average Bonchev–Trinajstić information content (AvgIpc) is 2.51. The monoisotopic (exact) mass is 289 g/mol. The van der Waals surface area contributed by atoms with Gasteiger partial charge in [0.1, 0.15) is 13.2 Å². The summed E-state index contributed by atoms with van der Waals surface area (Å²) in [6.45, 7) is 2.10. The highest BCUT2D eigenvalue weighted by Crippen LogP contribution is 2.09. The van der Waals surface area contributed by atoms with Crippen molar-refractivity contribution in [2.75, 3.05) is 26.8 Å². The molecule has 0 bridgehead atoms. The number of carbonyl (C=O) groups is 2. The first kappa shape index (κ1) is 16.7. The molecule has 1 aromatic carbocycles. The molecule has 1 N–H and O–H groups in total. The minimum absolute atomic E-state index is 0.0737. The van der Waals surface area contributed by atoms with Crippen molar-refractivity contribution in [3.63, 3.8) is 0 Å². The van der Waals surface area contributed by atoms with Gasteiger partial charge in [0.25, 0.3) is 5.91 Å². The van der Waals surface area contributed by atoms with Crippen LogP contribution < -0.4 is 0 Å². The normalized spacial score (nSPS) is 9.48. The van der Waals surface area contributed by atoms with Crippen LogP contribution in [0, 0.1) is 11.8 Å². The maximum absolute atomic E-state index is 12.4. The van der Waals surface area contributed by atoms with Gasteiger partial charge in [-0.15, -0.1) is 0 Å². The second-order valence-electron chi connectivity index (χ2n) is 4.34. The van der Waals surface area contributed by atoms with E-state index in [9.17, 15) is 9.59 Å². The molecule has 0 aliphatic heterocycles. The van der Waals surface area contributed by atoms with E-state index in [4.69, 9.17) is 5.11 Å². The summed E-state index contributed by atoms with van der Waals surface area (Å²) in [7, 11) is 1.29. The fourth-order valence-corrected chi connectivity index (χ4v) is 1.80. The van der Waals surface area contributed by atoms with Gasteiger partial charge < -0.3 is 14.7 Å². The van der Waals surface area contributed by atoms with Crippen LogP contribution in [0.2, 0.25) is 0 Å². The molecule has 0 saturated heterocycles. The minimum Gasteiger partial charge on any atom is -0.468 e. The molecule has 1 amide bonds. The van der Waals surface area contributed by atoms with Crippen LogP contribution >= 0.6 is 0 Å². The molecule has 0 unspecified atom stereocenters. The van der Waals surface area contributed by atoms with Gasteiger partial charge in [0.15, 0.2) is 0 Å². The van der Waals surface area contributed by atoms with Crippen LogP contribution in [0.3, 0.4) is 0 Å². The smallest absolute Gasteiger partial charge is 0.325 e. The molecule has 0 spiro atoms. The van der Waals surface area contributed by atoms with Crippen molar-refractivity contribution < 1.29 is 19.4 Å². The number of nitrogens with zero attached hydrogens (tertiary/aromatic N) is 1. The molecule has 0 aliphatic carbocycles. The SMILES string of the molecule is CCCN(CC(=O)OC)C(=O)c1cccc(C#CCO)c1. The van der Waals surface area contributed by atoms with Gasteiger partial charge in [0.05, 0.1) is 7.11 Å². The van der Waals surface area contributed by atoms with Crippen molar-refractivity contribution >= 4 is 11.9 Å². The van der Waals surface area contributed by atoms with Crippen LogP contribution in [0.5, 0.6) is 0 Å². The molecule has 0 heterocycles. The number of amides is 1. The van der Waals surface area contributed by atoms with Gasteiger partial charge in [-0.2, -0.15) is 0 Å². The van der Waals surface area contributed by atoms with Gasteiger partial charge in [0.2, 0.25) is 0 Å². The van der Waals surface area contributed by atoms with E-state index < -0.39 is 5.97 Å². The fraction of sp³-hybridized carbons (Fsp3) is 0.375. The standard InChI is InChI=1S/C16H19NO4/c1-3-9-17(12-15(19)21-2)16(20)14-8-4-6-13(11-14)7-5-10-18/h4,6,8,11,18H,3,9-10,12H2,1-2H3. The Morgan fingerprint density at radius 1 is 1.38 bits per heavy atom. The van der Waals surface area contributed by atoms with Crippen molar-refractivity contribution in [3.8, 4) is 11.8 Å². The molecule has 0 aromatic heterocycles. The Bertz CT molecular complexity index is 557. The molecule has 21 heavy (non-hydrogen) atoms. The van der Waals surface area contributed by atoms with Crippen LogP contribution in [-0.4, -0.2) is 48.7 Å². The van der Waals surface area contributed by atoms with Crippen molar-refractivity contribution in [2.24, 2.45) is 0 Å². The number of rotatable bonds is 5. The maximum atomic E-state index is 12.4. The van der Waals surface area contributed by atoms with E-state index in [-0.39, 0.29) is 19.1 Å². The third kappa shape index (κ3) is 5.28. The van der Waals surface area contributed by atoms with E-state index in [1.54, 1.807) is 24.3 Å². The number of aliphatic hydroxyl groups is 1. The first-order chi connectivity index (χ1) is 10.1. The molecule has 112 valence electrons. The lowest BCUT2D eigenvalue weighted by Gasteiger charge is -2.20. The Kier molecular flexibility index (Phi) is 6.99. The third-order valence-electron chi connectivity index (χ3n) is 2.75. The van der Waals surface area contributed by atoms with Crippen LogP contribution in [0.1, 0.15) is 29.3 Å². The number of hydrogen-bond acceptors (Lipinski definition) is 4. The Labute approximate surface area is 124 Å². The summed E-state index contributed by atoms with van der Waals surface area (Å²) in [4.78, 5) is 25.3. The van der Waals surface area contributed by atoms with Gasteiger partial charge in [-0.05, 0) is 24.6 Å². The minimum atomic E-state index is -0.451. The van der Waals surface area contributed by atoms with Gasteiger partial charge in [-0.3, -0.25) is 9.59 Å². The van der Waals surface area contributed by atoms with Crippen molar-refractivity contribution in [3.05, 3.63) is 35.4 Å². The zero-order valence-corrected chi connectivity index (χ0v) is 12.3. The molecular formula is C16H19NO4. The predicted molar refractivity (Wildman–Crippen MR) is 78.6 cm³/mol. The van der Waals surface area contributed by atoms with Crippen LogP contribution in [0.15, 0.2) is 24.3 Å². The fourth-order valence-electron chi connectivity index (χ4n) is 1.80. The van der Waals surface area contributed by atoms with Crippen LogP contribution in [0.4, 0.5) is 0 Å². The zero-order valence-electron chi connectivity index (χ0n) is 12.3. The summed E-state index contributed by atoms with van der Waals surface area (Å²) < 4.78 is 4.61. The lowest BCUT2D eigenvalue weighted by Crippen LogP contribution is -2.36. The topological polar surface area (TPSA) is 66.8 Å². The molecule has 1 aromatic rings. The highest BCUT2D eigenvalue weighted by molar-refractivity contribution is 5.96. The van der Waals surface area contributed by atoms with Crippen molar-refractivity contribution in [2.45, 2.75) is 13.3 Å². The number of hydrogen-bond donors (Lipinski definition) is 1. The summed E-state index contributed by atoms with van der Waals surface area (Å²) in [5.74, 6) is 4.59. The third-order valence-corrected chi connectivity index (χ3v) is 2.75. The van der Waals surface area contributed by atoms with Gasteiger partial charge >= 0.3 is 5.97 Å². The highest BCUT2D eigenvalue weighted by atomic mass is 16.5. The summed E-state index contributed by atoms with van der Waals surface area (Å²) in [6.07, 6.45) is 0.743. The van der Waals surface area contributed by atoms with E-state index in [2.05, 4.69) is 16.6 Å². The van der Waals surface area contributed by atoms with Gasteiger partial charge in [-0.1, -0.05) is 24.8 Å². The summed E-state index contributed by atoms with van der Waals surface area (Å²) in [5, 5.41) is 8.69. The van der Waals surface area contributed by atoms with E-state index in [1.807, 2.05) is 6.92 Å².